The molecule has 0 spiro atoms. The summed E-state index contributed by atoms with van der Waals surface area (Å²) in [4.78, 5) is 4.53. The Balaban J connectivity index is 2.74. The van der Waals surface area contributed by atoms with Crippen LogP contribution in [0.15, 0.2) is 12.3 Å². The second-order valence-corrected chi connectivity index (χ2v) is 4.40. The minimum atomic E-state index is 0.201. The summed E-state index contributed by atoms with van der Waals surface area (Å²) in [5, 5.41) is 3.43. The summed E-state index contributed by atoms with van der Waals surface area (Å²) in [5.74, 6) is 0. The minimum Gasteiger partial charge on any atom is -0.379 e. The fourth-order valence-corrected chi connectivity index (χ4v) is 1.92. The Morgan fingerprint density at radius 3 is 2.71 bits per heavy atom. The zero-order valence-corrected chi connectivity index (χ0v) is 11.4. The van der Waals surface area contributed by atoms with Crippen LogP contribution in [0.4, 0.5) is 0 Å². The molecule has 1 N–H and O–H groups in total. The number of hydrogen-bond acceptors (Lipinski definition) is 3. The van der Waals surface area contributed by atoms with Crippen LogP contribution in [0.1, 0.15) is 43.1 Å². The Labute approximate surface area is 105 Å². The van der Waals surface area contributed by atoms with E-state index in [1.54, 1.807) is 0 Å². The van der Waals surface area contributed by atoms with E-state index in [1.807, 2.05) is 6.20 Å². The average molecular weight is 236 g/mol. The van der Waals surface area contributed by atoms with Crippen molar-refractivity contribution in [2.45, 2.75) is 40.2 Å². The Morgan fingerprint density at radius 1 is 1.35 bits per heavy atom. The van der Waals surface area contributed by atoms with Gasteiger partial charge >= 0.3 is 0 Å². The highest BCUT2D eigenvalue weighted by Gasteiger charge is 2.14. The molecule has 0 aliphatic carbocycles. The van der Waals surface area contributed by atoms with Crippen molar-refractivity contribution in [3.05, 3.63) is 29.1 Å². The topological polar surface area (TPSA) is 34.1 Å². The van der Waals surface area contributed by atoms with E-state index in [4.69, 9.17) is 4.74 Å². The molecule has 0 aliphatic heterocycles. The van der Waals surface area contributed by atoms with Gasteiger partial charge in [-0.05, 0) is 37.9 Å². The molecule has 3 nitrogen and oxygen atoms in total. The van der Waals surface area contributed by atoms with Crippen molar-refractivity contribution in [1.82, 2.24) is 10.3 Å². The second kappa shape index (κ2) is 7.41. The van der Waals surface area contributed by atoms with Crippen LogP contribution in [-0.2, 0) is 4.74 Å². The van der Waals surface area contributed by atoms with E-state index < -0.39 is 0 Å². The van der Waals surface area contributed by atoms with Crippen molar-refractivity contribution >= 4 is 0 Å². The molecule has 0 fully saturated rings. The maximum atomic E-state index is 5.63. The van der Waals surface area contributed by atoms with Crippen LogP contribution in [0.5, 0.6) is 0 Å². The highest BCUT2D eigenvalue weighted by Crippen LogP contribution is 2.16. The zero-order chi connectivity index (χ0) is 12.7. The van der Waals surface area contributed by atoms with Crippen molar-refractivity contribution in [2.24, 2.45) is 0 Å². The van der Waals surface area contributed by atoms with Gasteiger partial charge in [0.1, 0.15) is 0 Å². The predicted octanol–water partition coefficient (Wildman–Crippen LogP) is 2.78. The summed E-state index contributed by atoms with van der Waals surface area (Å²) in [7, 11) is 0. The molecule has 3 heteroatoms. The third-order valence-corrected chi connectivity index (χ3v) is 2.67. The van der Waals surface area contributed by atoms with Crippen LogP contribution in [0, 0.1) is 13.8 Å². The Kier molecular flexibility index (Phi) is 6.16. The van der Waals surface area contributed by atoms with Gasteiger partial charge in [0.05, 0.1) is 18.3 Å². The predicted molar refractivity (Wildman–Crippen MR) is 71.2 cm³/mol. The lowest BCUT2D eigenvalue weighted by Gasteiger charge is -2.19. The second-order valence-electron chi connectivity index (χ2n) is 4.40. The molecule has 0 saturated carbocycles. The van der Waals surface area contributed by atoms with E-state index in [0.717, 1.165) is 25.3 Å². The van der Waals surface area contributed by atoms with E-state index in [1.165, 1.54) is 11.1 Å². The summed E-state index contributed by atoms with van der Waals surface area (Å²) in [6, 6.07) is 2.37. The van der Waals surface area contributed by atoms with E-state index in [9.17, 15) is 0 Å². The number of aryl methyl sites for hydroxylation is 2. The Hall–Kier alpha value is -0.930. The van der Waals surface area contributed by atoms with Gasteiger partial charge in [0.15, 0.2) is 0 Å². The molecule has 1 heterocycles. The lowest BCUT2D eigenvalue weighted by molar-refractivity contribution is 0.111. The molecule has 1 aromatic heterocycles. The van der Waals surface area contributed by atoms with Crippen LogP contribution in [0.3, 0.4) is 0 Å². The number of likely N-dealkylation sites (N-methyl/N-ethyl adjacent to an activating group) is 1. The van der Waals surface area contributed by atoms with E-state index in [0.29, 0.717) is 6.61 Å². The molecule has 17 heavy (non-hydrogen) atoms. The molecule has 0 bridgehead atoms. The zero-order valence-electron chi connectivity index (χ0n) is 11.4. The quantitative estimate of drug-likeness (QED) is 0.739. The third-order valence-electron chi connectivity index (χ3n) is 2.67. The van der Waals surface area contributed by atoms with Crippen molar-refractivity contribution < 1.29 is 4.74 Å². The van der Waals surface area contributed by atoms with Gasteiger partial charge in [0.25, 0.3) is 0 Å². The largest absolute Gasteiger partial charge is 0.379 e. The minimum absolute atomic E-state index is 0.201. The molecule has 1 unspecified atom stereocenters. The van der Waals surface area contributed by atoms with Crippen molar-refractivity contribution in [2.75, 3.05) is 19.8 Å². The highest BCUT2D eigenvalue weighted by atomic mass is 16.5. The van der Waals surface area contributed by atoms with Gasteiger partial charge in [0, 0.05) is 12.8 Å². The van der Waals surface area contributed by atoms with Gasteiger partial charge in [-0.3, -0.25) is 4.98 Å². The number of nitrogens with zero attached hydrogens (tertiary/aromatic N) is 1. The van der Waals surface area contributed by atoms with Crippen molar-refractivity contribution in [3.8, 4) is 0 Å². The Bertz CT molecular complexity index is 339. The molecule has 1 rings (SSSR count). The standard InChI is InChI=1S/C14H24N2O/c1-5-7-17-10-13(15-6-2)14-12(4)8-11(3)9-16-14/h8-9,13,15H,5-7,10H2,1-4H3. The average Bonchev–Trinajstić information content (AvgIpc) is 2.28. The van der Waals surface area contributed by atoms with Crippen LogP contribution >= 0.6 is 0 Å². The lowest BCUT2D eigenvalue weighted by Crippen LogP contribution is -2.27. The monoisotopic (exact) mass is 236 g/mol. The SMILES string of the molecule is CCCOCC(NCC)c1ncc(C)cc1C. The first-order chi connectivity index (χ1) is 8.19. The molecule has 1 atom stereocenters. The smallest absolute Gasteiger partial charge is 0.0735 e. The van der Waals surface area contributed by atoms with Gasteiger partial charge in [-0.25, -0.2) is 0 Å². The highest BCUT2D eigenvalue weighted by molar-refractivity contribution is 5.25. The van der Waals surface area contributed by atoms with E-state index in [-0.39, 0.29) is 6.04 Å². The van der Waals surface area contributed by atoms with Gasteiger partial charge in [-0.1, -0.05) is 19.9 Å². The van der Waals surface area contributed by atoms with Crippen LogP contribution < -0.4 is 5.32 Å². The number of nitrogens with one attached hydrogen (secondary N) is 1. The molecule has 0 amide bonds. The van der Waals surface area contributed by atoms with Crippen LogP contribution in [0.25, 0.3) is 0 Å². The first kappa shape index (κ1) is 14.1. The lowest BCUT2D eigenvalue weighted by atomic mass is 10.1. The number of ether oxygens (including phenoxy) is 1. The van der Waals surface area contributed by atoms with Gasteiger partial charge in [-0.2, -0.15) is 0 Å². The first-order valence-corrected chi connectivity index (χ1v) is 6.43. The van der Waals surface area contributed by atoms with Gasteiger partial charge in [0.2, 0.25) is 0 Å². The maximum Gasteiger partial charge on any atom is 0.0735 e. The molecule has 0 aromatic carbocycles. The summed E-state index contributed by atoms with van der Waals surface area (Å²) in [6.07, 6.45) is 2.98. The molecular weight excluding hydrogens is 212 g/mol. The first-order valence-electron chi connectivity index (χ1n) is 6.43. The van der Waals surface area contributed by atoms with Crippen LogP contribution in [-0.4, -0.2) is 24.7 Å². The number of aromatic nitrogens is 1. The summed E-state index contributed by atoms with van der Waals surface area (Å²) in [6.45, 7) is 10.8. The van der Waals surface area contributed by atoms with E-state index >= 15 is 0 Å². The maximum absolute atomic E-state index is 5.63. The number of hydrogen-bond donors (Lipinski definition) is 1. The molecule has 0 aliphatic rings. The normalized spacial score (nSPS) is 12.7. The van der Waals surface area contributed by atoms with Crippen molar-refractivity contribution in [3.63, 3.8) is 0 Å². The number of rotatable bonds is 7. The van der Waals surface area contributed by atoms with E-state index in [2.05, 4.69) is 44.1 Å². The summed E-state index contributed by atoms with van der Waals surface area (Å²) in [5.41, 5.74) is 3.54. The fourth-order valence-electron chi connectivity index (χ4n) is 1.92. The molecular formula is C14H24N2O. The summed E-state index contributed by atoms with van der Waals surface area (Å²) >= 11 is 0. The van der Waals surface area contributed by atoms with Crippen molar-refractivity contribution in [1.29, 1.82) is 0 Å². The van der Waals surface area contributed by atoms with Crippen LogP contribution in [0.2, 0.25) is 0 Å². The summed E-state index contributed by atoms with van der Waals surface area (Å²) < 4.78 is 5.63. The molecule has 0 saturated heterocycles. The molecule has 0 radical (unpaired) electrons. The molecule has 1 aromatic rings. The third kappa shape index (κ3) is 4.44. The molecule has 96 valence electrons. The van der Waals surface area contributed by atoms with Gasteiger partial charge < -0.3 is 10.1 Å². The van der Waals surface area contributed by atoms with Gasteiger partial charge in [-0.15, -0.1) is 0 Å². The fraction of sp³-hybridized carbons (Fsp3) is 0.643. The Morgan fingerprint density at radius 2 is 2.12 bits per heavy atom. The number of pyridine rings is 1.